The average molecular weight is 510 g/mol. The largest absolute Gasteiger partial charge is 0.460 e. The molecule has 6 nitrogen and oxygen atoms in total. The molecule has 8 heteroatoms. The maximum atomic E-state index is 14.0. The zero-order valence-corrected chi connectivity index (χ0v) is 21.3. The van der Waals surface area contributed by atoms with Crippen molar-refractivity contribution in [3.8, 4) is 0 Å². The third-order valence-corrected chi connectivity index (χ3v) is 8.00. The van der Waals surface area contributed by atoms with Crippen molar-refractivity contribution in [1.82, 2.24) is 4.31 Å². The van der Waals surface area contributed by atoms with E-state index in [2.05, 4.69) is 0 Å². The minimum Gasteiger partial charge on any atom is -0.460 e. The summed E-state index contributed by atoms with van der Waals surface area (Å²) in [7, 11) is -3.98. The van der Waals surface area contributed by atoms with E-state index in [1.165, 1.54) is 28.6 Å². The number of fused-ring (bicyclic) bond motifs is 1. The first-order chi connectivity index (χ1) is 17.2. The van der Waals surface area contributed by atoms with Gasteiger partial charge in [0.1, 0.15) is 11.4 Å². The maximum absolute atomic E-state index is 14.0. The van der Waals surface area contributed by atoms with Gasteiger partial charge in [-0.1, -0.05) is 36.4 Å². The fourth-order valence-electron chi connectivity index (χ4n) is 4.08. The van der Waals surface area contributed by atoms with Crippen LogP contribution in [0.25, 0.3) is 11.0 Å². The summed E-state index contributed by atoms with van der Waals surface area (Å²) in [6, 6.07) is 18.5. The van der Waals surface area contributed by atoms with Gasteiger partial charge in [0.25, 0.3) is 0 Å². The van der Waals surface area contributed by atoms with E-state index < -0.39 is 21.8 Å². The summed E-state index contributed by atoms with van der Waals surface area (Å²) < 4.78 is 53.8. The molecular formula is C28H28FNO5S. The van der Waals surface area contributed by atoms with Crippen LogP contribution < -0.4 is 0 Å². The number of hydrogen-bond acceptors (Lipinski definition) is 5. The Morgan fingerprint density at radius 2 is 1.78 bits per heavy atom. The molecule has 0 radical (unpaired) electrons. The van der Waals surface area contributed by atoms with Gasteiger partial charge in [0, 0.05) is 24.0 Å². The van der Waals surface area contributed by atoms with Crippen LogP contribution in [0.4, 0.5) is 4.39 Å². The lowest BCUT2D eigenvalue weighted by Crippen LogP contribution is -2.33. The Hall–Kier alpha value is -3.49. The molecule has 0 amide bonds. The second-order valence-electron chi connectivity index (χ2n) is 8.58. The molecule has 4 rings (SSSR count). The molecule has 188 valence electrons. The zero-order valence-electron chi connectivity index (χ0n) is 20.5. The van der Waals surface area contributed by atoms with Crippen molar-refractivity contribution in [3.63, 3.8) is 0 Å². The number of furan rings is 1. The standard InChI is InChI=1S/C28H28FNO5S/c1-4-34-28(31)27-20(3)25-17-24(12-13-26(25)35-27)36(32,33)30(15-14-21-8-6-5-7-9-21)18-22-16-23(29)11-10-19(22)2/h5-13,16-17H,4,14-15,18H2,1-3H3. The van der Waals surface area contributed by atoms with Crippen molar-refractivity contribution in [1.29, 1.82) is 0 Å². The van der Waals surface area contributed by atoms with Crippen LogP contribution in [-0.2, 0) is 27.7 Å². The van der Waals surface area contributed by atoms with E-state index in [4.69, 9.17) is 9.15 Å². The van der Waals surface area contributed by atoms with E-state index in [1.807, 2.05) is 37.3 Å². The highest BCUT2D eigenvalue weighted by Gasteiger charge is 2.27. The summed E-state index contributed by atoms with van der Waals surface area (Å²) in [6.45, 7) is 5.65. The van der Waals surface area contributed by atoms with Gasteiger partial charge in [0.05, 0.1) is 11.5 Å². The Kier molecular flexibility index (Phi) is 7.56. The normalized spacial score (nSPS) is 11.8. The number of aryl methyl sites for hydroxylation is 2. The van der Waals surface area contributed by atoms with Crippen LogP contribution in [0.15, 0.2) is 76.0 Å². The molecule has 3 aromatic carbocycles. The highest BCUT2D eigenvalue weighted by atomic mass is 32.2. The number of carbonyl (C=O) groups is 1. The lowest BCUT2D eigenvalue weighted by atomic mass is 10.1. The molecule has 0 atom stereocenters. The average Bonchev–Trinajstić information content (AvgIpc) is 3.20. The van der Waals surface area contributed by atoms with Gasteiger partial charge in [-0.25, -0.2) is 17.6 Å². The van der Waals surface area contributed by atoms with E-state index in [-0.39, 0.29) is 30.4 Å². The van der Waals surface area contributed by atoms with Gasteiger partial charge in [0.2, 0.25) is 15.8 Å². The summed E-state index contributed by atoms with van der Waals surface area (Å²) in [5.41, 5.74) is 3.30. The maximum Gasteiger partial charge on any atom is 0.374 e. The highest BCUT2D eigenvalue weighted by Crippen LogP contribution is 2.30. The minimum absolute atomic E-state index is 0.0231. The highest BCUT2D eigenvalue weighted by molar-refractivity contribution is 7.89. The number of ether oxygens (including phenoxy) is 1. The smallest absolute Gasteiger partial charge is 0.374 e. The van der Waals surface area contributed by atoms with Crippen LogP contribution >= 0.6 is 0 Å². The second-order valence-corrected chi connectivity index (χ2v) is 10.5. The number of hydrogen-bond donors (Lipinski definition) is 0. The molecule has 1 heterocycles. The first-order valence-corrected chi connectivity index (χ1v) is 13.1. The number of rotatable bonds is 9. The number of nitrogens with zero attached hydrogens (tertiary/aromatic N) is 1. The SMILES string of the molecule is CCOC(=O)c1oc2ccc(S(=O)(=O)N(CCc3ccccc3)Cc3cc(F)ccc3C)cc2c1C. The lowest BCUT2D eigenvalue weighted by Gasteiger charge is -2.23. The predicted molar refractivity (Wildman–Crippen MR) is 136 cm³/mol. The van der Waals surface area contributed by atoms with Gasteiger partial charge in [0.15, 0.2) is 0 Å². The molecule has 36 heavy (non-hydrogen) atoms. The van der Waals surface area contributed by atoms with Gasteiger partial charge in [-0.2, -0.15) is 4.31 Å². The van der Waals surface area contributed by atoms with Gasteiger partial charge in [-0.3, -0.25) is 0 Å². The molecule has 0 bridgehead atoms. The molecule has 1 aromatic heterocycles. The number of carbonyl (C=O) groups excluding carboxylic acids is 1. The Balaban J connectivity index is 1.72. The third kappa shape index (κ3) is 5.34. The van der Waals surface area contributed by atoms with E-state index in [0.29, 0.717) is 28.5 Å². The number of esters is 1. The van der Waals surface area contributed by atoms with Gasteiger partial charge < -0.3 is 9.15 Å². The summed E-state index contributed by atoms with van der Waals surface area (Å²) in [5.74, 6) is -0.961. The Morgan fingerprint density at radius 1 is 1.03 bits per heavy atom. The Bertz CT molecular complexity index is 1500. The molecule has 0 saturated heterocycles. The van der Waals surface area contributed by atoms with Crippen molar-refractivity contribution in [2.45, 2.75) is 38.6 Å². The molecule has 0 unspecified atom stereocenters. The van der Waals surface area contributed by atoms with Crippen LogP contribution in [-0.4, -0.2) is 31.8 Å². The molecule has 0 saturated carbocycles. The Labute approximate surface area is 210 Å². The molecule has 0 aliphatic heterocycles. The van der Waals surface area contributed by atoms with E-state index in [0.717, 1.165) is 11.1 Å². The topological polar surface area (TPSA) is 76.8 Å². The van der Waals surface area contributed by atoms with Crippen molar-refractivity contribution in [3.05, 3.63) is 101 Å². The van der Waals surface area contributed by atoms with Crippen molar-refractivity contribution in [2.24, 2.45) is 0 Å². The van der Waals surface area contributed by atoms with E-state index in [9.17, 15) is 17.6 Å². The first-order valence-electron chi connectivity index (χ1n) is 11.7. The van der Waals surface area contributed by atoms with Crippen LogP contribution in [0.1, 0.15) is 39.7 Å². The van der Waals surface area contributed by atoms with Crippen LogP contribution in [0, 0.1) is 19.7 Å². The molecular weight excluding hydrogens is 481 g/mol. The number of benzene rings is 3. The number of halogens is 1. The van der Waals surface area contributed by atoms with E-state index in [1.54, 1.807) is 26.0 Å². The van der Waals surface area contributed by atoms with Gasteiger partial charge in [-0.05, 0) is 74.2 Å². The fraction of sp³-hybridized carbons (Fsp3) is 0.250. The summed E-state index contributed by atoms with van der Waals surface area (Å²) >= 11 is 0. The molecule has 4 aromatic rings. The van der Waals surface area contributed by atoms with Crippen LogP contribution in [0.3, 0.4) is 0 Å². The summed E-state index contributed by atoms with van der Waals surface area (Å²) in [5, 5.41) is 0.518. The Morgan fingerprint density at radius 3 is 2.50 bits per heavy atom. The van der Waals surface area contributed by atoms with Crippen molar-refractivity contribution in [2.75, 3.05) is 13.2 Å². The zero-order chi connectivity index (χ0) is 25.9. The quantitative estimate of drug-likeness (QED) is 0.267. The molecule has 0 spiro atoms. The molecule has 0 aliphatic carbocycles. The molecule has 0 aliphatic rings. The summed E-state index contributed by atoms with van der Waals surface area (Å²) in [6.07, 6.45) is 0.494. The predicted octanol–water partition coefficient (Wildman–Crippen LogP) is 5.80. The van der Waals surface area contributed by atoms with Crippen molar-refractivity contribution < 1.29 is 26.8 Å². The van der Waals surface area contributed by atoms with Crippen LogP contribution in [0.5, 0.6) is 0 Å². The van der Waals surface area contributed by atoms with Gasteiger partial charge >= 0.3 is 5.97 Å². The minimum atomic E-state index is -3.98. The molecule has 0 fully saturated rings. The lowest BCUT2D eigenvalue weighted by molar-refractivity contribution is 0.0491. The monoisotopic (exact) mass is 509 g/mol. The van der Waals surface area contributed by atoms with Gasteiger partial charge in [-0.15, -0.1) is 0 Å². The van der Waals surface area contributed by atoms with E-state index >= 15 is 0 Å². The molecule has 0 N–H and O–H groups in total. The fourth-order valence-corrected chi connectivity index (χ4v) is 5.53. The van der Waals surface area contributed by atoms with Crippen molar-refractivity contribution >= 4 is 27.0 Å². The summed E-state index contributed by atoms with van der Waals surface area (Å²) in [4.78, 5) is 12.3. The second kappa shape index (κ2) is 10.6. The number of sulfonamides is 1. The third-order valence-electron chi connectivity index (χ3n) is 6.16. The van der Waals surface area contributed by atoms with Crippen LogP contribution in [0.2, 0.25) is 0 Å². The first kappa shape index (κ1) is 25.6.